The average Bonchev–Trinajstić information content (AvgIpc) is 2.55. The number of piperazine rings is 1. The molecule has 2 N–H and O–H groups in total. The molecule has 0 spiro atoms. The number of halogens is 1. The molecule has 1 fully saturated rings. The number of aliphatic hydroxyl groups excluding tert-OH is 1. The lowest BCUT2D eigenvalue weighted by atomic mass is 10.1. The van der Waals surface area contributed by atoms with Crippen LogP contribution in [0.2, 0.25) is 5.02 Å². The Morgan fingerprint density at radius 3 is 2.39 bits per heavy atom. The largest absolute Gasteiger partial charge is 0.395 e. The third-order valence-corrected chi connectivity index (χ3v) is 4.73. The van der Waals surface area contributed by atoms with Gasteiger partial charge < -0.3 is 10.4 Å². The summed E-state index contributed by atoms with van der Waals surface area (Å²) in [6, 6.07) is 7.35. The van der Waals surface area contributed by atoms with E-state index < -0.39 is 0 Å². The molecule has 1 saturated heterocycles. The molecule has 1 aliphatic heterocycles. The van der Waals surface area contributed by atoms with E-state index in [0.717, 1.165) is 31.7 Å². The van der Waals surface area contributed by atoms with E-state index in [1.165, 1.54) is 0 Å². The predicted molar refractivity (Wildman–Crippen MR) is 92.6 cm³/mol. The lowest BCUT2D eigenvalue weighted by molar-refractivity contribution is -0.127. The topological polar surface area (TPSA) is 55.8 Å². The van der Waals surface area contributed by atoms with Crippen molar-refractivity contribution in [1.29, 1.82) is 0 Å². The van der Waals surface area contributed by atoms with Crippen molar-refractivity contribution in [2.45, 2.75) is 25.9 Å². The monoisotopic (exact) mass is 339 g/mol. The first-order valence-electron chi connectivity index (χ1n) is 8.14. The number of carbonyl (C=O) groups excluding carboxylic acids is 1. The lowest BCUT2D eigenvalue weighted by Gasteiger charge is -2.37. The number of aliphatic hydroxyl groups is 1. The van der Waals surface area contributed by atoms with E-state index in [1.54, 1.807) is 0 Å². The minimum atomic E-state index is -0.152. The first kappa shape index (κ1) is 18.2. The van der Waals surface area contributed by atoms with Gasteiger partial charge in [-0.25, -0.2) is 0 Å². The molecule has 1 aromatic rings. The number of hydrogen-bond donors (Lipinski definition) is 2. The summed E-state index contributed by atoms with van der Waals surface area (Å²) in [5.74, 6) is 0.0445. The van der Waals surface area contributed by atoms with E-state index in [0.29, 0.717) is 11.6 Å². The molecule has 23 heavy (non-hydrogen) atoms. The van der Waals surface area contributed by atoms with Crippen LogP contribution in [0.15, 0.2) is 24.3 Å². The summed E-state index contributed by atoms with van der Waals surface area (Å²) in [5, 5.41) is 12.7. The molecule has 6 heteroatoms. The molecule has 2 rings (SSSR count). The maximum atomic E-state index is 12.5. The van der Waals surface area contributed by atoms with E-state index in [1.807, 2.05) is 38.1 Å². The minimum Gasteiger partial charge on any atom is -0.395 e. The molecule has 0 unspecified atom stereocenters. The van der Waals surface area contributed by atoms with Crippen LogP contribution >= 0.6 is 11.6 Å². The second kappa shape index (κ2) is 8.64. The minimum absolute atomic E-state index is 0.0436. The van der Waals surface area contributed by atoms with Gasteiger partial charge in [0, 0.05) is 37.7 Å². The molecule has 0 bridgehead atoms. The maximum Gasteiger partial charge on any atom is 0.237 e. The van der Waals surface area contributed by atoms with Gasteiger partial charge in [-0.2, -0.15) is 0 Å². The molecular formula is C17H26ClN3O2. The highest BCUT2D eigenvalue weighted by Gasteiger charge is 2.26. The zero-order chi connectivity index (χ0) is 16.8. The third-order valence-electron chi connectivity index (χ3n) is 4.48. The van der Waals surface area contributed by atoms with Gasteiger partial charge in [-0.3, -0.25) is 14.6 Å². The fourth-order valence-electron chi connectivity index (χ4n) is 2.85. The maximum absolute atomic E-state index is 12.5. The number of carbonyl (C=O) groups is 1. The van der Waals surface area contributed by atoms with Crippen molar-refractivity contribution >= 4 is 17.5 Å². The van der Waals surface area contributed by atoms with Crippen molar-refractivity contribution in [2.75, 3.05) is 39.3 Å². The van der Waals surface area contributed by atoms with Gasteiger partial charge in [-0.05, 0) is 31.5 Å². The predicted octanol–water partition coefficient (Wildman–Crippen LogP) is 1.52. The van der Waals surface area contributed by atoms with Gasteiger partial charge in [0.1, 0.15) is 0 Å². The first-order chi connectivity index (χ1) is 11.0. The van der Waals surface area contributed by atoms with Crippen LogP contribution in [0.1, 0.15) is 25.5 Å². The molecule has 128 valence electrons. The summed E-state index contributed by atoms with van der Waals surface area (Å²) in [4.78, 5) is 16.9. The third kappa shape index (κ3) is 5.18. The highest BCUT2D eigenvalue weighted by Crippen LogP contribution is 2.16. The molecule has 0 saturated carbocycles. The van der Waals surface area contributed by atoms with Crippen molar-refractivity contribution in [3.05, 3.63) is 34.9 Å². The molecule has 5 nitrogen and oxygen atoms in total. The number of rotatable bonds is 6. The number of amides is 1. The van der Waals surface area contributed by atoms with E-state index in [9.17, 15) is 4.79 Å². The summed E-state index contributed by atoms with van der Waals surface area (Å²) in [6.07, 6.45) is 0. The zero-order valence-corrected chi connectivity index (χ0v) is 14.6. The van der Waals surface area contributed by atoms with Crippen LogP contribution in [0.25, 0.3) is 0 Å². The van der Waals surface area contributed by atoms with Crippen LogP contribution in [-0.4, -0.2) is 66.2 Å². The van der Waals surface area contributed by atoms with E-state index >= 15 is 0 Å². The van der Waals surface area contributed by atoms with Crippen molar-refractivity contribution < 1.29 is 9.90 Å². The van der Waals surface area contributed by atoms with Crippen molar-refractivity contribution in [3.8, 4) is 0 Å². The number of nitrogens with one attached hydrogen (secondary N) is 1. The zero-order valence-electron chi connectivity index (χ0n) is 13.8. The molecule has 0 aromatic heterocycles. The fourth-order valence-corrected chi connectivity index (χ4v) is 2.98. The Kier molecular flexibility index (Phi) is 6.84. The van der Waals surface area contributed by atoms with Crippen LogP contribution < -0.4 is 5.32 Å². The Morgan fingerprint density at radius 1 is 1.22 bits per heavy atom. The van der Waals surface area contributed by atoms with Crippen LogP contribution in [0, 0.1) is 0 Å². The average molecular weight is 340 g/mol. The Balaban J connectivity index is 1.84. The van der Waals surface area contributed by atoms with Gasteiger partial charge in [0.05, 0.1) is 18.7 Å². The van der Waals surface area contributed by atoms with Gasteiger partial charge in [-0.1, -0.05) is 23.7 Å². The highest BCUT2D eigenvalue weighted by molar-refractivity contribution is 6.30. The van der Waals surface area contributed by atoms with Crippen LogP contribution in [0.5, 0.6) is 0 Å². The molecule has 1 amide bonds. The van der Waals surface area contributed by atoms with Crippen LogP contribution in [0.3, 0.4) is 0 Å². The van der Waals surface area contributed by atoms with Crippen LogP contribution in [0.4, 0.5) is 0 Å². The summed E-state index contributed by atoms with van der Waals surface area (Å²) in [6.45, 7) is 8.32. The smallest absolute Gasteiger partial charge is 0.237 e. The Bertz CT molecular complexity index is 501. The molecule has 0 radical (unpaired) electrons. The standard InChI is InChI=1S/C17H26ClN3O2/c1-13(15-3-5-16(18)6-4-15)19-17(23)14(2)21-9-7-20(8-10-21)11-12-22/h3-6,13-14,22H,7-12H2,1-2H3,(H,19,23)/t13-,14+/m1/s1. The highest BCUT2D eigenvalue weighted by atomic mass is 35.5. The van der Waals surface area contributed by atoms with Gasteiger partial charge in [0.15, 0.2) is 0 Å². The summed E-state index contributed by atoms with van der Waals surface area (Å²) < 4.78 is 0. The SMILES string of the molecule is C[C@@H](NC(=O)[C@H](C)N1CCN(CCO)CC1)c1ccc(Cl)cc1. The number of hydrogen-bond acceptors (Lipinski definition) is 4. The molecule has 1 heterocycles. The first-order valence-corrected chi connectivity index (χ1v) is 8.52. The van der Waals surface area contributed by atoms with Gasteiger partial charge in [0.25, 0.3) is 0 Å². The van der Waals surface area contributed by atoms with Crippen molar-refractivity contribution in [2.24, 2.45) is 0 Å². The second-order valence-electron chi connectivity index (χ2n) is 6.06. The number of benzene rings is 1. The number of β-amino-alcohol motifs (C(OH)–C–C–N with tert-alkyl or cyclic N) is 1. The van der Waals surface area contributed by atoms with Gasteiger partial charge in [0.2, 0.25) is 5.91 Å². The summed E-state index contributed by atoms with van der Waals surface area (Å²) >= 11 is 5.89. The lowest BCUT2D eigenvalue weighted by Crippen LogP contribution is -2.54. The van der Waals surface area contributed by atoms with Gasteiger partial charge >= 0.3 is 0 Å². The van der Waals surface area contributed by atoms with E-state index in [-0.39, 0.29) is 24.6 Å². The molecule has 1 aromatic carbocycles. The second-order valence-corrected chi connectivity index (χ2v) is 6.50. The Hall–Kier alpha value is -1.14. The van der Waals surface area contributed by atoms with Crippen molar-refractivity contribution in [1.82, 2.24) is 15.1 Å². The molecule has 1 aliphatic rings. The summed E-state index contributed by atoms with van der Waals surface area (Å²) in [5.41, 5.74) is 1.04. The Morgan fingerprint density at radius 2 is 1.83 bits per heavy atom. The molecular weight excluding hydrogens is 314 g/mol. The van der Waals surface area contributed by atoms with Crippen molar-refractivity contribution in [3.63, 3.8) is 0 Å². The quantitative estimate of drug-likeness (QED) is 0.825. The van der Waals surface area contributed by atoms with Crippen LogP contribution in [-0.2, 0) is 4.79 Å². The van der Waals surface area contributed by atoms with E-state index in [2.05, 4.69) is 15.1 Å². The normalized spacial score (nSPS) is 19.3. The summed E-state index contributed by atoms with van der Waals surface area (Å²) in [7, 11) is 0. The fraction of sp³-hybridized carbons (Fsp3) is 0.588. The Labute approximate surface area is 143 Å². The molecule has 2 atom stereocenters. The van der Waals surface area contributed by atoms with E-state index in [4.69, 9.17) is 16.7 Å². The van der Waals surface area contributed by atoms with Gasteiger partial charge in [-0.15, -0.1) is 0 Å². The molecule has 0 aliphatic carbocycles. The number of nitrogens with zero attached hydrogens (tertiary/aromatic N) is 2.